The number of aryl methyl sites for hydroxylation is 2. The van der Waals surface area contributed by atoms with Gasteiger partial charge in [0.05, 0.1) is 0 Å². The number of hydrogen-bond donors (Lipinski definition) is 0. The molecule has 0 fully saturated rings. The molecule has 0 unspecified atom stereocenters. The largest absolute Gasteiger partial charge is 0.427 e. The maximum absolute atomic E-state index is 11.3. The van der Waals surface area contributed by atoms with Gasteiger partial charge in [0.15, 0.2) is 0 Å². The Balaban J connectivity index is 3.41. The van der Waals surface area contributed by atoms with Crippen LogP contribution in [0.1, 0.15) is 37.7 Å². The SMILES string of the molecule is Cc1cc(C)c(=O)oc1C(C)(C)C. The van der Waals surface area contributed by atoms with Crippen molar-refractivity contribution in [2.75, 3.05) is 0 Å². The average molecular weight is 180 g/mol. The van der Waals surface area contributed by atoms with Crippen LogP contribution in [0.25, 0.3) is 0 Å². The summed E-state index contributed by atoms with van der Waals surface area (Å²) in [5, 5.41) is 0. The standard InChI is InChI=1S/C11H16O2/c1-7-6-8(2)10(12)13-9(7)11(3,4)5/h6H,1-5H3. The van der Waals surface area contributed by atoms with E-state index in [0.717, 1.165) is 11.3 Å². The van der Waals surface area contributed by atoms with Gasteiger partial charge in [-0.3, -0.25) is 0 Å². The molecule has 72 valence electrons. The van der Waals surface area contributed by atoms with Crippen LogP contribution in [-0.4, -0.2) is 0 Å². The molecule has 0 amide bonds. The first-order chi connectivity index (χ1) is 5.82. The molecule has 0 saturated carbocycles. The lowest BCUT2D eigenvalue weighted by Crippen LogP contribution is -2.17. The quantitative estimate of drug-likeness (QED) is 0.614. The van der Waals surface area contributed by atoms with Gasteiger partial charge in [-0.1, -0.05) is 20.8 Å². The Kier molecular flexibility index (Phi) is 2.33. The van der Waals surface area contributed by atoms with Crippen LogP contribution in [-0.2, 0) is 5.41 Å². The molecule has 13 heavy (non-hydrogen) atoms. The molecule has 0 aromatic carbocycles. The third-order valence-corrected chi connectivity index (χ3v) is 1.99. The molecular weight excluding hydrogens is 164 g/mol. The third kappa shape index (κ3) is 2.00. The predicted molar refractivity (Wildman–Crippen MR) is 53.2 cm³/mol. The van der Waals surface area contributed by atoms with E-state index in [1.54, 1.807) is 6.92 Å². The highest BCUT2D eigenvalue weighted by atomic mass is 16.4. The van der Waals surface area contributed by atoms with Gasteiger partial charge in [0.1, 0.15) is 5.76 Å². The summed E-state index contributed by atoms with van der Waals surface area (Å²) in [6, 6.07) is 1.88. The highest BCUT2D eigenvalue weighted by Crippen LogP contribution is 2.24. The molecule has 2 heteroatoms. The van der Waals surface area contributed by atoms with Crippen LogP contribution in [0.15, 0.2) is 15.3 Å². The molecule has 0 aliphatic heterocycles. The van der Waals surface area contributed by atoms with Crippen molar-refractivity contribution in [3.8, 4) is 0 Å². The summed E-state index contributed by atoms with van der Waals surface area (Å²) in [7, 11) is 0. The maximum Gasteiger partial charge on any atom is 0.338 e. The van der Waals surface area contributed by atoms with Crippen molar-refractivity contribution < 1.29 is 4.42 Å². The normalized spacial score (nSPS) is 11.8. The van der Waals surface area contributed by atoms with E-state index < -0.39 is 0 Å². The van der Waals surface area contributed by atoms with Gasteiger partial charge in [0.25, 0.3) is 0 Å². The Labute approximate surface area is 78.6 Å². The van der Waals surface area contributed by atoms with Crippen LogP contribution in [0.2, 0.25) is 0 Å². The van der Waals surface area contributed by atoms with Gasteiger partial charge in [0, 0.05) is 11.0 Å². The van der Waals surface area contributed by atoms with E-state index in [9.17, 15) is 4.79 Å². The minimum Gasteiger partial charge on any atom is -0.427 e. The Hall–Kier alpha value is -1.05. The van der Waals surface area contributed by atoms with Crippen LogP contribution < -0.4 is 5.63 Å². The molecule has 0 radical (unpaired) electrons. The second-order valence-corrected chi connectivity index (χ2v) is 4.48. The van der Waals surface area contributed by atoms with E-state index in [1.165, 1.54) is 0 Å². The van der Waals surface area contributed by atoms with Gasteiger partial charge >= 0.3 is 5.63 Å². The number of hydrogen-bond acceptors (Lipinski definition) is 2. The third-order valence-electron chi connectivity index (χ3n) is 1.99. The molecule has 0 N–H and O–H groups in total. The van der Waals surface area contributed by atoms with Crippen LogP contribution in [0.4, 0.5) is 0 Å². The summed E-state index contributed by atoms with van der Waals surface area (Å²) >= 11 is 0. The minimum absolute atomic E-state index is 0.100. The smallest absolute Gasteiger partial charge is 0.338 e. The molecule has 0 saturated heterocycles. The van der Waals surface area contributed by atoms with E-state index >= 15 is 0 Å². The fourth-order valence-electron chi connectivity index (χ4n) is 1.45. The highest BCUT2D eigenvalue weighted by Gasteiger charge is 2.20. The fraction of sp³-hybridized carbons (Fsp3) is 0.545. The molecule has 0 aliphatic carbocycles. The Morgan fingerprint density at radius 3 is 2.15 bits per heavy atom. The van der Waals surface area contributed by atoms with E-state index in [-0.39, 0.29) is 11.0 Å². The molecule has 1 aromatic heterocycles. The number of rotatable bonds is 0. The Morgan fingerprint density at radius 2 is 1.69 bits per heavy atom. The second kappa shape index (κ2) is 3.02. The fourth-order valence-corrected chi connectivity index (χ4v) is 1.45. The van der Waals surface area contributed by atoms with Crippen LogP contribution >= 0.6 is 0 Å². The Bertz CT molecular complexity index is 367. The van der Waals surface area contributed by atoms with Gasteiger partial charge in [0.2, 0.25) is 0 Å². The van der Waals surface area contributed by atoms with Crippen molar-refractivity contribution in [3.05, 3.63) is 33.4 Å². The van der Waals surface area contributed by atoms with E-state index in [2.05, 4.69) is 0 Å². The van der Waals surface area contributed by atoms with Crippen molar-refractivity contribution >= 4 is 0 Å². The topological polar surface area (TPSA) is 30.2 Å². The minimum atomic E-state index is -0.226. The zero-order valence-electron chi connectivity index (χ0n) is 8.89. The van der Waals surface area contributed by atoms with E-state index in [1.807, 2.05) is 33.8 Å². The molecule has 0 aliphatic rings. The van der Waals surface area contributed by atoms with Crippen LogP contribution in [0.5, 0.6) is 0 Å². The van der Waals surface area contributed by atoms with Crippen LogP contribution in [0, 0.1) is 13.8 Å². The summed E-state index contributed by atoms with van der Waals surface area (Å²) < 4.78 is 5.25. The van der Waals surface area contributed by atoms with Gasteiger partial charge in [-0.2, -0.15) is 0 Å². The molecule has 2 nitrogen and oxygen atoms in total. The summed E-state index contributed by atoms with van der Waals surface area (Å²) in [4.78, 5) is 11.3. The second-order valence-electron chi connectivity index (χ2n) is 4.48. The molecule has 1 heterocycles. The zero-order chi connectivity index (χ0) is 10.2. The van der Waals surface area contributed by atoms with Crippen molar-refractivity contribution in [1.82, 2.24) is 0 Å². The van der Waals surface area contributed by atoms with Crippen molar-refractivity contribution in [3.63, 3.8) is 0 Å². The zero-order valence-corrected chi connectivity index (χ0v) is 8.89. The summed E-state index contributed by atoms with van der Waals surface area (Å²) in [6.07, 6.45) is 0. The lowest BCUT2D eigenvalue weighted by atomic mass is 9.90. The van der Waals surface area contributed by atoms with Gasteiger partial charge in [-0.05, 0) is 25.5 Å². The van der Waals surface area contributed by atoms with E-state index in [0.29, 0.717) is 5.56 Å². The van der Waals surface area contributed by atoms with Crippen molar-refractivity contribution in [1.29, 1.82) is 0 Å². The lowest BCUT2D eigenvalue weighted by Gasteiger charge is -2.18. The summed E-state index contributed by atoms with van der Waals surface area (Å²) in [5.74, 6) is 0.781. The van der Waals surface area contributed by atoms with E-state index in [4.69, 9.17) is 4.42 Å². The highest BCUT2D eigenvalue weighted by molar-refractivity contribution is 5.24. The molecule has 0 atom stereocenters. The van der Waals surface area contributed by atoms with Crippen molar-refractivity contribution in [2.24, 2.45) is 0 Å². The lowest BCUT2D eigenvalue weighted by molar-refractivity contribution is 0.370. The average Bonchev–Trinajstić information content (AvgIpc) is 1.94. The molecule has 1 rings (SSSR count). The monoisotopic (exact) mass is 180 g/mol. The first-order valence-corrected chi connectivity index (χ1v) is 4.44. The summed E-state index contributed by atoms with van der Waals surface area (Å²) in [6.45, 7) is 9.84. The van der Waals surface area contributed by atoms with Crippen molar-refractivity contribution in [2.45, 2.75) is 40.0 Å². The molecule has 0 bridgehead atoms. The van der Waals surface area contributed by atoms with Gasteiger partial charge in [-0.15, -0.1) is 0 Å². The summed E-state index contributed by atoms with van der Waals surface area (Å²) in [5.41, 5.74) is 1.39. The first-order valence-electron chi connectivity index (χ1n) is 4.44. The van der Waals surface area contributed by atoms with Gasteiger partial charge < -0.3 is 4.42 Å². The van der Waals surface area contributed by atoms with Crippen LogP contribution in [0.3, 0.4) is 0 Å². The molecule has 1 aromatic rings. The maximum atomic E-state index is 11.3. The van der Waals surface area contributed by atoms with Gasteiger partial charge in [-0.25, -0.2) is 4.79 Å². The molecular formula is C11H16O2. The first kappa shape index (κ1) is 10.0. The molecule has 0 spiro atoms. The predicted octanol–water partition coefficient (Wildman–Crippen LogP) is 2.55. The Morgan fingerprint density at radius 1 is 1.15 bits per heavy atom.